The number of anilines is 1. The van der Waals surface area contributed by atoms with Crippen molar-refractivity contribution in [1.82, 2.24) is 19.2 Å². The van der Waals surface area contributed by atoms with Gasteiger partial charge in [-0.15, -0.1) is 0 Å². The van der Waals surface area contributed by atoms with E-state index in [1.54, 1.807) is 16.5 Å². The molecule has 3 aromatic carbocycles. The fourth-order valence-electron chi connectivity index (χ4n) is 6.66. The van der Waals surface area contributed by atoms with E-state index in [0.717, 1.165) is 38.0 Å². The maximum Gasteiger partial charge on any atom is 0.273 e. The fourth-order valence-corrected chi connectivity index (χ4v) is 6.66. The third kappa shape index (κ3) is 6.55. The summed E-state index contributed by atoms with van der Waals surface area (Å²) in [6.07, 6.45) is 6.38. The number of nitrogens with zero attached hydrogens (tertiary/aromatic N) is 4. The van der Waals surface area contributed by atoms with Gasteiger partial charge in [-0.2, -0.15) is 0 Å². The van der Waals surface area contributed by atoms with Crippen molar-refractivity contribution < 1.29 is 22.9 Å². The van der Waals surface area contributed by atoms with Crippen molar-refractivity contribution in [3.63, 3.8) is 0 Å². The predicted octanol–water partition coefficient (Wildman–Crippen LogP) is 6.77. The topological polar surface area (TPSA) is 168 Å². The van der Waals surface area contributed by atoms with Crippen LogP contribution in [0.5, 0.6) is 0 Å². The first kappa shape index (κ1) is 34.6. The highest BCUT2D eigenvalue weighted by Crippen LogP contribution is 2.35. The van der Waals surface area contributed by atoms with Gasteiger partial charge in [-0.3, -0.25) is 19.7 Å². The Balaban J connectivity index is 0.000000425. The Morgan fingerprint density at radius 3 is 2.44 bits per heavy atom. The molecule has 14 heteroatoms. The summed E-state index contributed by atoms with van der Waals surface area (Å²) in [6.45, 7) is 10.7. The molecule has 1 atom stereocenters. The van der Waals surface area contributed by atoms with E-state index in [9.17, 15) is 19.7 Å². The Hall–Kier alpha value is -5.21. The van der Waals surface area contributed by atoms with Gasteiger partial charge in [-0.25, -0.2) is 4.39 Å². The van der Waals surface area contributed by atoms with Gasteiger partial charge in [-0.1, -0.05) is 13.8 Å². The van der Waals surface area contributed by atoms with Gasteiger partial charge in [0.15, 0.2) is 28.1 Å². The standard InChI is InChI=1S/C28H23FN6O6.C6H13N.C2H6/c29-17-10-15-25-27(24(17)31-5-8-33-6-1-2-7-33)41-23-11-19-22(12-20(23)34(25)13-16(26(15)36)28(30)37)40-21-9-14(35(38)39)3-4-18(21)32-19;1-6-4-3-5-7(6)2;1-2/h3-4,9-13,31-32H,1-2,5-8H2,(H2,30,37);6H,3-5H2,1-2H3;1-2H3. The number of hydrogen-bond acceptors (Lipinski definition) is 9. The Labute approximate surface area is 286 Å². The van der Waals surface area contributed by atoms with Gasteiger partial charge >= 0.3 is 0 Å². The van der Waals surface area contributed by atoms with E-state index >= 15 is 4.39 Å². The van der Waals surface area contributed by atoms with Crippen LogP contribution in [0.25, 0.3) is 49.8 Å². The van der Waals surface area contributed by atoms with E-state index in [1.807, 2.05) is 13.8 Å². The number of rotatable bonds is 6. The van der Waals surface area contributed by atoms with E-state index in [1.165, 1.54) is 43.8 Å². The number of carbonyl (C=O) groups is 1. The molecule has 50 heavy (non-hydrogen) atoms. The molecule has 2 aliphatic heterocycles. The Bertz CT molecular complexity index is 2310. The third-order valence-corrected chi connectivity index (χ3v) is 9.47. The Kier molecular flexibility index (Phi) is 9.93. The highest BCUT2D eigenvalue weighted by Gasteiger charge is 2.23. The molecule has 2 saturated heterocycles. The summed E-state index contributed by atoms with van der Waals surface area (Å²) in [7, 11) is 2.19. The number of hydrogen-bond donors (Lipinski definition) is 3. The minimum Gasteiger partial charge on any atom is -0.453 e. The van der Waals surface area contributed by atoms with Crippen molar-refractivity contribution >= 4 is 67.1 Å². The predicted molar refractivity (Wildman–Crippen MR) is 193 cm³/mol. The van der Waals surface area contributed by atoms with Crippen LogP contribution in [-0.4, -0.2) is 75.8 Å². The van der Waals surface area contributed by atoms with Crippen LogP contribution in [0, 0.1) is 15.9 Å². The molecule has 3 aromatic heterocycles. The van der Waals surface area contributed by atoms with E-state index < -0.39 is 22.1 Å². The number of nitro benzene ring substituents is 1. The molecule has 0 spiro atoms. The van der Waals surface area contributed by atoms with Crippen LogP contribution in [0.2, 0.25) is 0 Å². The largest absolute Gasteiger partial charge is 0.453 e. The maximum absolute atomic E-state index is 15.5. The number of carbonyl (C=O) groups excluding carboxylic acids is 1. The minimum absolute atomic E-state index is 0.0673. The van der Waals surface area contributed by atoms with E-state index in [0.29, 0.717) is 40.8 Å². The smallest absolute Gasteiger partial charge is 0.273 e. The molecule has 0 bridgehead atoms. The summed E-state index contributed by atoms with van der Waals surface area (Å²) in [5.41, 5.74) is 7.10. The quantitative estimate of drug-likeness (QED) is 0.0741. The van der Waals surface area contributed by atoms with Gasteiger partial charge in [0.2, 0.25) is 5.43 Å². The number of aromatic amines is 1. The average molecular weight is 688 g/mol. The van der Waals surface area contributed by atoms with Gasteiger partial charge in [0, 0.05) is 43.5 Å². The van der Waals surface area contributed by atoms with Crippen LogP contribution in [-0.2, 0) is 0 Å². The summed E-state index contributed by atoms with van der Waals surface area (Å²) < 4.78 is 29.4. The van der Waals surface area contributed by atoms with Gasteiger partial charge in [0.1, 0.15) is 16.8 Å². The molecule has 8 rings (SSSR count). The highest BCUT2D eigenvalue weighted by molar-refractivity contribution is 6.06. The number of halogens is 1. The number of nitrogens with two attached hydrogens (primary N) is 1. The minimum atomic E-state index is -0.958. The van der Waals surface area contributed by atoms with Crippen molar-refractivity contribution in [1.29, 1.82) is 0 Å². The molecule has 0 saturated carbocycles. The molecular weight excluding hydrogens is 645 g/mol. The number of non-ortho nitro benzene ring substituents is 1. The van der Waals surface area contributed by atoms with Crippen molar-refractivity contribution in [2.75, 3.05) is 45.1 Å². The average Bonchev–Trinajstić information content (AvgIpc) is 3.77. The van der Waals surface area contributed by atoms with Gasteiger partial charge in [0.05, 0.1) is 32.9 Å². The number of pyridine rings is 1. The number of benzene rings is 3. The number of aromatic nitrogens is 2. The number of nitrogens with one attached hydrogen (secondary N) is 2. The lowest BCUT2D eigenvalue weighted by Crippen LogP contribution is -2.26. The van der Waals surface area contributed by atoms with E-state index in [2.05, 4.69) is 34.1 Å². The molecule has 6 aromatic rings. The number of H-pyrrole nitrogens is 1. The number of primary amides is 1. The lowest BCUT2D eigenvalue weighted by Gasteiger charge is -2.18. The molecule has 13 nitrogen and oxygen atoms in total. The summed E-state index contributed by atoms with van der Waals surface area (Å²) in [5, 5.41) is 14.3. The van der Waals surface area contributed by atoms with Crippen molar-refractivity contribution in [3.8, 4) is 0 Å². The van der Waals surface area contributed by atoms with E-state index in [-0.39, 0.29) is 39.0 Å². The van der Waals surface area contributed by atoms with Crippen LogP contribution >= 0.6 is 0 Å². The maximum atomic E-state index is 15.5. The molecule has 1 unspecified atom stereocenters. The highest BCUT2D eigenvalue weighted by atomic mass is 19.1. The lowest BCUT2D eigenvalue weighted by atomic mass is 10.1. The molecule has 0 aliphatic carbocycles. The third-order valence-electron chi connectivity index (χ3n) is 9.47. The number of fused-ring (bicyclic) bond motifs is 4. The Morgan fingerprint density at radius 2 is 1.80 bits per heavy atom. The van der Waals surface area contributed by atoms with Crippen molar-refractivity contribution in [3.05, 3.63) is 74.3 Å². The summed E-state index contributed by atoms with van der Waals surface area (Å²) in [4.78, 5) is 44.0. The zero-order valence-corrected chi connectivity index (χ0v) is 28.7. The first-order valence-corrected chi connectivity index (χ1v) is 17.1. The molecule has 1 amide bonds. The normalized spacial score (nSPS) is 16.5. The molecular formula is C36H42FN7O6. The fraction of sp³-hybridized carbons (Fsp3) is 0.389. The lowest BCUT2D eigenvalue weighted by molar-refractivity contribution is -0.384. The zero-order valence-electron chi connectivity index (χ0n) is 28.7. The van der Waals surface area contributed by atoms with Crippen LogP contribution in [0.4, 0.5) is 15.8 Å². The number of likely N-dealkylation sites (tertiary alicyclic amines) is 2. The first-order valence-electron chi connectivity index (χ1n) is 17.1. The van der Waals surface area contributed by atoms with Crippen molar-refractivity contribution in [2.24, 2.45) is 5.73 Å². The molecule has 4 N–H and O–H groups in total. The molecule has 5 heterocycles. The molecule has 2 fully saturated rings. The summed E-state index contributed by atoms with van der Waals surface area (Å²) >= 11 is 0. The monoisotopic (exact) mass is 687 g/mol. The van der Waals surface area contributed by atoms with Crippen LogP contribution in [0.1, 0.15) is 56.8 Å². The second kappa shape index (κ2) is 14.3. The summed E-state index contributed by atoms with van der Waals surface area (Å²) in [5.74, 6) is -1.65. The Morgan fingerprint density at radius 1 is 1.06 bits per heavy atom. The number of nitro groups is 1. The van der Waals surface area contributed by atoms with Crippen LogP contribution in [0.3, 0.4) is 0 Å². The van der Waals surface area contributed by atoms with Crippen molar-refractivity contribution in [2.45, 2.75) is 52.5 Å². The first-order chi connectivity index (χ1) is 24.1. The second-order valence-corrected chi connectivity index (χ2v) is 12.6. The molecule has 2 aliphatic rings. The number of amides is 1. The van der Waals surface area contributed by atoms with Crippen LogP contribution < -0.4 is 16.5 Å². The van der Waals surface area contributed by atoms with Gasteiger partial charge in [-0.05, 0) is 71.4 Å². The van der Waals surface area contributed by atoms with Gasteiger partial charge < -0.3 is 39.1 Å². The SMILES string of the molecule is CC.CC1CCCN1C.NC(=O)c1cn2c3cc4oc5cc([N+](=O)[O-])ccc5[nH]c4cc3oc3c(NCCN4CCCC4)c(F)cc(c1=O)c32. The van der Waals surface area contributed by atoms with E-state index in [4.69, 9.17) is 14.6 Å². The summed E-state index contributed by atoms with van der Waals surface area (Å²) in [6, 6.07) is 9.39. The van der Waals surface area contributed by atoms with Crippen LogP contribution in [0.15, 0.2) is 56.2 Å². The molecule has 264 valence electrons. The second-order valence-electron chi connectivity index (χ2n) is 12.6. The zero-order chi connectivity index (χ0) is 35.7. The molecule has 0 radical (unpaired) electrons. The van der Waals surface area contributed by atoms with Gasteiger partial charge in [0.25, 0.3) is 11.6 Å².